The summed E-state index contributed by atoms with van der Waals surface area (Å²) in [7, 11) is -7.32. The number of phenols is 1. The van der Waals surface area contributed by atoms with Crippen LogP contribution in [-0.2, 0) is 20.2 Å². The fourth-order valence-electron chi connectivity index (χ4n) is 5.46. The molecule has 9 N–H and O–H groups in total. The monoisotopic (exact) mass is 843 g/mol. The summed E-state index contributed by atoms with van der Waals surface area (Å²) in [6.07, 6.45) is 0. The molecule has 0 spiro atoms. The zero-order valence-corrected chi connectivity index (χ0v) is 36.9. The fourth-order valence-corrected chi connectivity index (χ4v) is 6.79. The molecule has 0 aromatic heterocycles. The SMILES string of the molecule is COc1cc(-c2ccc(N=Nc3c(S(=O)(=O)O)cc4cc(S(=O)(=O)O)c(N=Nc5ccccc5)c(O)c4c3N)c(OC)c2)ccc1N=Nc1ccc(N)cc1N.[Na].[Na]. The van der Waals surface area contributed by atoms with E-state index in [1.54, 1.807) is 78.9 Å². The Balaban J connectivity index is 0.00000372. The summed E-state index contributed by atoms with van der Waals surface area (Å²) in [4.78, 5) is -1.80. The number of nitrogen functional groups attached to an aromatic ring is 3. The topological polar surface area (TPSA) is 300 Å². The summed E-state index contributed by atoms with van der Waals surface area (Å²) in [6.45, 7) is 0. The van der Waals surface area contributed by atoms with Gasteiger partial charge in [0.25, 0.3) is 20.2 Å². The van der Waals surface area contributed by atoms with Crippen molar-refractivity contribution in [3.8, 4) is 28.4 Å². The molecule has 0 saturated heterocycles. The van der Waals surface area contributed by atoms with E-state index in [1.807, 2.05) is 0 Å². The first kappa shape index (κ1) is 45.7. The van der Waals surface area contributed by atoms with Gasteiger partial charge in [0.2, 0.25) is 0 Å². The molecular formula is C36H31N9Na2O9S2. The number of azo groups is 3. The van der Waals surface area contributed by atoms with Gasteiger partial charge < -0.3 is 31.8 Å². The molecule has 0 atom stereocenters. The first-order valence-electron chi connectivity index (χ1n) is 16.0. The number of rotatable bonds is 11. The minimum Gasteiger partial charge on any atom is -0.505 e. The van der Waals surface area contributed by atoms with Crippen molar-refractivity contribution in [2.45, 2.75) is 9.79 Å². The molecule has 0 heterocycles. The second-order valence-electron chi connectivity index (χ2n) is 11.8. The maximum absolute atomic E-state index is 12.6. The Morgan fingerprint density at radius 3 is 1.57 bits per heavy atom. The van der Waals surface area contributed by atoms with Crippen LogP contribution in [0.5, 0.6) is 17.2 Å². The van der Waals surface area contributed by atoms with Crippen LogP contribution in [0.15, 0.2) is 138 Å². The number of nitrogens with zero attached hydrogens (tertiary/aromatic N) is 6. The largest absolute Gasteiger partial charge is 0.505 e. The Labute approximate surface area is 376 Å². The number of anilines is 3. The Morgan fingerprint density at radius 1 is 0.569 bits per heavy atom. The second-order valence-corrected chi connectivity index (χ2v) is 14.6. The average Bonchev–Trinajstić information content (AvgIpc) is 3.16. The van der Waals surface area contributed by atoms with Gasteiger partial charge in [-0.3, -0.25) is 9.11 Å². The van der Waals surface area contributed by atoms with E-state index in [4.69, 9.17) is 26.7 Å². The molecule has 58 heavy (non-hydrogen) atoms. The molecule has 0 bridgehead atoms. The minimum atomic E-state index is -5.10. The van der Waals surface area contributed by atoms with Crippen LogP contribution in [0, 0.1) is 0 Å². The fraction of sp³-hybridized carbons (Fsp3) is 0.0556. The van der Waals surface area contributed by atoms with E-state index in [0.717, 1.165) is 12.1 Å². The summed E-state index contributed by atoms with van der Waals surface area (Å²) in [6, 6.07) is 24.5. The van der Waals surface area contributed by atoms with Gasteiger partial charge in [0.05, 0.1) is 36.7 Å². The number of methoxy groups -OCH3 is 2. The van der Waals surface area contributed by atoms with Crippen LogP contribution in [0.2, 0.25) is 0 Å². The molecule has 288 valence electrons. The third-order valence-electron chi connectivity index (χ3n) is 8.16. The number of fused-ring (bicyclic) bond motifs is 1. The average molecular weight is 844 g/mol. The first-order chi connectivity index (χ1) is 26.6. The van der Waals surface area contributed by atoms with Gasteiger partial charge in [-0.15, -0.1) is 25.6 Å². The predicted molar refractivity (Wildman–Crippen MR) is 220 cm³/mol. The number of nitrogens with two attached hydrogens (primary N) is 3. The number of hydrogen-bond donors (Lipinski definition) is 6. The quantitative estimate of drug-likeness (QED) is 0.0313. The third-order valence-corrected chi connectivity index (χ3v) is 9.89. The molecule has 0 fully saturated rings. The molecule has 6 rings (SSSR count). The van der Waals surface area contributed by atoms with Crippen LogP contribution >= 0.6 is 0 Å². The van der Waals surface area contributed by atoms with Crippen molar-refractivity contribution in [2.75, 3.05) is 31.4 Å². The van der Waals surface area contributed by atoms with Crippen LogP contribution in [0.1, 0.15) is 0 Å². The molecule has 0 aliphatic heterocycles. The van der Waals surface area contributed by atoms with Gasteiger partial charge in [0.1, 0.15) is 49.7 Å². The van der Waals surface area contributed by atoms with E-state index >= 15 is 0 Å². The summed E-state index contributed by atoms with van der Waals surface area (Å²) in [5.41, 5.74) is 19.6. The van der Waals surface area contributed by atoms with Gasteiger partial charge in [-0.05, 0) is 83.2 Å². The third kappa shape index (κ3) is 9.99. The van der Waals surface area contributed by atoms with Gasteiger partial charge in [0.15, 0.2) is 5.75 Å². The zero-order valence-electron chi connectivity index (χ0n) is 31.3. The molecule has 0 saturated carbocycles. The zero-order chi connectivity index (χ0) is 40.4. The van der Waals surface area contributed by atoms with Crippen LogP contribution < -0.4 is 26.7 Å². The smallest absolute Gasteiger partial charge is 0.296 e. The maximum atomic E-state index is 12.6. The molecule has 0 unspecified atom stereocenters. The molecule has 0 aliphatic carbocycles. The molecular weight excluding hydrogens is 813 g/mol. The molecule has 0 aliphatic rings. The van der Waals surface area contributed by atoms with Crippen molar-refractivity contribution in [1.29, 1.82) is 0 Å². The van der Waals surface area contributed by atoms with Gasteiger partial charge in [-0.2, -0.15) is 21.9 Å². The van der Waals surface area contributed by atoms with Crippen molar-refractivity contribution in [2.24, 2.45) is 30.7 Å². The Bertz CT molecular complexity index is 2850. The number of ether oxygens (including phenoxy) is 2. The summed E-state index contributed by atoms with van der Waals surface area (Å²) < 4.78 is 81.0. The molecule has 18 nitrogen and oxygen atoms in total. The van der Waals surface area contributed by atoms with Gasteiger partial charge in [-0.25, -0.2) is 0 Å². The van der Waals surface area contributed by atoms with Crippen molar-refractivity contribution in [3.63, 3.8) is 0 Å². The van der Waals surface area contributed by atoms with Crippen molar-refractivity contribution in [3.05, 3.63) is 97.1 Å². The van der Waals surface area contributed by atoms with Gasteiger partial charge >= 0.3 is 0 Å². The van der Waals surface area contributed by atoms with E-state index in [9.17, 15) is 31.0 Å². The molecule has 6 aromatic rings. The van der Waals surface area contributed by atoms with Crippen LogP contribution in [0.3, 0.4) is 0 Å². The summed E-state index contributed by atoms with van der Waals surface area (Å²) >= 11 is 0. The summed E-state index contributed by atoms with van der Waals surface area (Å²) in [5.74, 6) is -0.307. The normalized spacial score (nSPS) is 11.9. The van der Waals surface area contributed by atoms with Crippen LogP contribution in [-0.4, -0.2) is 104 Å². The number of aromatic hydroxyl groups is 1. The van der Waals surface area contributed by atoms with Crippen molar-refractivity contribution < 1.29 is 40.5 Å². The van der Waals surface area contributed by atoms with Crippen molar-refractivity contribution in [1.82, 2.24) is 0 Å². The van der Waals surface area contributed by atoms with Crippen molar-refractivity contribution >= 4 is 141 Å². The van der Waals surface area contributed by atoms with E-state index < -0.39 is 52.8 Å². The van der Waals surface area contributed by atoms with Crippen LogP contribution in [0.25, 0.3) is 21.9 Å². The Morgan fingerprint density at radius 2 is 1.05 bits per heavy atom. The van der Waals surface area contributed by atoms with Gasteiger partial charge in [-0.1, -0.05) is 30.3 Å². The maximum Gasteiger partial charge on any atom is 0.296 e. The molecule has 22 heteroatoms. The minimum absolute atomic E-state index is 0. The first-order valence-corrected chi connectivity index (χ1v) is 18.9. The Hall–Kier alpha value is -5.00. The molecule has 6 aromatic carbocycles. The molecule has 2 radical (unpaired) electrons. The number of phenolic OH excluding ortho intramolecular Hbond substituents is 1. The number of hydrogen-bond acceptors (Lipinski definition) is 16. The predicted octanol–water partition coefficient (Wildman–Crippen LogP) is 7.95. The van der Waals surface area contributed by atoms with Crippen LogP contribution in [0.4, 0.5) is 51.2 Å². The van der Waals surface area contributed by atoms with E-state index in [-0.39, 0.29) is 87.0 Å². The summed E-state index contributed by atoms with van der Waals surface area (Å²) in [5, 5.41) is 35.1. The van der Waals surface area contributed by atoms with E-state index in [2.05, 4.69) is 30.7 Å². The number of benzene rings is 6. The second kappa shape index (κ2) is 18.7. The molecule has 0 amide bonds. The standard InChI is InChI=1S/C36H31N9O9S2.2Na/c1-53-28-14-19(8-11-26(28)42-41-25-13-10-22(37)18-24(25)38)20-9-12-27(29(15-20)54-2)43-44-34-30(55(47,48)49)16-21-17-31(56(50,51)52)35(36(46)32(21)33(34)39)45-40-23-6-4-3-5-7-23;;/h3-18,46H,37-39H2,1-2H3,(H,47,48,49)(H,50,51,52);;. The van der Waals surface area contributed by atoms with E-state index in [0.29, 0.717) is 39.6 Å². The van der Waals surface area contributed by atoms with Gasteiger partial charge in [0, 0.05) is 64.8 Å². The van der Waals surface area contributed by atoms with E-state index in [1.165, 1.54) is 20.3 Å². The Kier molecular flexibility index (Phi) is 14.7.